The van der Waals surface area contributed by atoms with Crippen molar-refractivity contribution in [2.24, 2.45) is 56.7 Å². The molecular formula is C30H47NO. The molecule has 5 saturated carbocycles. The zero-order chi connectivity index (χ0) is 23.3. The monoisotopic (exact) mass is 437 g/mol. The molecule has 0 spiro atoms. The lowest BCUT2D eigenvalue weighted by molar-refractivity contribution is -0.244. The van der Waals surface area contributed by atoms with E-state index in [9.17, 15) is 10.4 Å². The van der Waals surface area contributed by atoms with Gasteiger partial charge in [-0.2, -0.15) is 5.26 Å². The van der Waals surface area contributed by atoms with Crippen molar-refractivity contribution in [3.63, 3.8) is 0 Å². The number of fused-ring (bicyclic) bond motifs is 7. The highest BCUT2D eigenvalue weighted by Crippen LogP contribution is 2.77. The molecule has 5 aliphatic rings. The predicted octanol–water partition coefficient (Wildman–Crippen LogP) is 7.53. The van der Waals surface area contributed by atoms with Crippen LogP contribution in [0.2, 0.25) is 0 Å². The van der Waals surface area contributed by atoms with Crippen molar-refractivity contribution < 1.29 is 5.11 Å². The maximum Gasteiger partial charge on any atom is 0.0693 e. The third kappa shape index (κ3) is 2.56. The van der Waals surface area contributed by atoms with Crippen LogP contribution in [0.3, 0.4) is 0 Å². The molecule has 0 saturated heterocycles. The summed E-state index contributed by atoms with van der Waals surface area (Å²) in [6, 6.07) is 2.90. The molecule has 2 heteroatoms. The molecule has 2 nitrogen and oxygen atoms in total. The highest BCUT2D eigenvalue weighted by Gasteiger charge is 2.71. The molecule has 0 aromatic rings. The minimum absolute atomic E-state index is 0.0190. The zero-order valence-electron chi connectivity index (χ0n) is 21.6. The Morgan fingerprint density at radius 3 is 2.22 bits per heavy atom. The fourth-order valence-corrected chi connectivity index (χ4v) is 11.3. The summed E-state index contributed by atoms with van der Waals surface area (Å²) in [6.07, 6.45) is 11.7. The fraction of sp³-hybridized carbons (Fsp3) is 0.900. The number of nitrogens with zero attached hydrogens (tertiary/aromatic N) is 1. The average Bonchev–Trinajstić information content (AvgIpc) is 3.12. The van der Waals surface area contributed by atoms with Gasteiger partial charge in [-0.3, -0.25) is 0 Å². The summed E-state index contributed by atoms with van der Waals surface area (Å²) in [5.74, 6) is 3.06. The second kappa shape index (κ2) is 6.87. The van der Waals surface area contributed by atoms with Gasteiger partial charge in [-0.1, -0.05) is 46.8 Å². The van der Waals surface area contributed by atoms with Crippen molar-refractivity contribution in [3.8, 4) is 6.07 Å². The van der Waals surface area contributed by atoms with E-state index in [1.165, 1.54) is 50.5 Å². The molecule has 0 aromatic heterocycles. The fourth-order valence-electron chi connectivity index (χ4n) is 11.3. The van der Waals surface area contributed by atoms with Crippen molar-refractivity contribution in [3.05, 3.63) is 12.2 Å². The van der Waals surface area contributed by atoms with Crippen molar-refractivity contribution in [2.45, 2.75) is 112 Å². The van der Waals surface area contributed by atoms with Crippen LogP contribution in [0.4, 0.5) is 0 Å². The molecule has 0 aliphatic heterocycles. The largest absolute Gasteiger partial charge is 0.393 e. The zero-order valence-corrected chi connectivity index (χ0v) is 21.6. The Morgan fingerprint density at radius 1 is 0.844 bits per heavy atom. The van der Waals surface area contributed by atoms with Gasteiger partial charge in [-0.15, -0.1) is 0 Å². The van der Waals surface area contributed by atoms with Gasteiger partial charge in [0.25, 0.3) is 0 Å². The highest BCUT2D eigenvalue weighted by molar-refractivity contribution is 5.24. The Bertz CT molecular complexity index is 853. The lowest BCUT2D eigenvalue weighted by Crippen LogP contribution is -2.66. The molecule has 1 N–H and O–H groups in total. The third-order valence-electron chi connectivity index (χ3n) is 13.3. The smallest absolute Gasteiger partial charge is 0.0693 e. The summed E-state index contributed by atoms with van der Waals surface area (Å²) in [7, 11) is 0. The second-order valence-electron chi connectivity index (χ2n) is 14.3. The second-order valence-corrected chi connectivity index (χ2v) is 14.3. The molecule has 0 radical (unpaired) electrons. The minimum Gasteiger partial charge on any atom is -0.393 e. The number of rotatable bonds is 1. The number of hydrogen-bond acceptors (Lipinski definition) is 2. The van der Waals surface area contributed by atoms with Crippen LogP contribution in [-0.4, -0.2) is 11.2 Å². The van der Waals surface area contributed by atoms with Gasteiger partial charge in [0.2, 0.25) is 0 Å². The molecule has 0 bridgehead atoms. The Kier molecular flexibility index (Phi) is 4.93. The summed E-state index contributed by atoms with van der Waals surface area (Å²) in [5, 5.41) is 21.3. The maximum atomic E-state index is 10.9. The molecule has 4 unspecified atom stereocenters. The van der Waals surface area contributed by atoms with Gasteiger partial charge in [0.15, 0.2) is 0 Å². The molecule has 0 heterocycles. The molecule has 5 fully saturated rings. The van der Waals surface area contributed by atoms with Crippen LogP contribution in [0, 0.1) is 68.0 Å². The van der Waals surface area contributed by atoms with E-state index in [0.29, 0.717) is 39.9 Å². The summed E-state index contributed by atoms with van der Waals surface area (Å²) >= 11 is 0. The van der Waals surface area contributed by atoms with Crippen LogP contribution in [0.5, 0.6) is 0 Å². The summed E-state index contributed by atoms with van der Waals surface area (Å²) in [5.41, 5.74) is 2.22. The molecule has 5 rings (SSSR count). The Hall–Kier alpha value is -0.810. The van der Waals surface area contributed by atoms with E-state index in [2.05, 4.69) is 54.2 Å². The van der Waals surface area contributed by atoms with E-state index in [-0.39, 0.29) is 16.9 Å². The van der Waals surface area contributed by atoms with Crippen LogP contribution in [0.15, 0.2) is 12.2 Å². The van der Waals surface area contributed by atoms with Gasteiger partial charge in [-0.05, 0) is 122 Å². The molecule has 5 aliphatic carbocycles. The van der Waals surface area contributed by atoms with Gasteiger partial charge in [0, 0.05) is 0 Å². The number of nitriles is 1. The van der Waals surface area contributed by atoms with Crippen LogP contribution in [0.1, 0.15) is 106 Å². The van der Waals surface area contributed by atoms with Gasteiger partial charge >= 0.3 is 0 Å². The maximum absolute atomic E-state index is 10.9. The van der Waals surface area contributed by atoms with Crippen LogP contribution < -0.4 is 0 Å². The first-order valence-electron chi connectivity index (χ1n) is 13.6. The van der Waals surface area contributed by atoms with Gasteiger partial charge < -0.3 is 5.11 Å². The van der Waals surface area contributed by atoms with E-state index < -0.39 is 0 Å². The predicted molar refractivity (Wildman–Crippen MR) is 131 cm³/mol. The van der Waals surface area contributed by atoms with Crippen LogP contribution in [0.25, 0.3) is 0 Å². The van der Waals surface area contributed by atoms with E-state index in [0.717, 1.165) is 25.2 Å². The van der Waals surface area contributed by atoms with E-state index >= 15 is 0 Å². The SMILES string of the molecule is C=C(C)[C@@H]1CC[C@]2(C#N)CC[C@]3(C)C(CCC4[C@@]5(C)CC[C@H](O)C(C)(C)C5CC[C@]43C)C12. The number of hydrogen-bond donors (Lipinski definition) is 1. The van der Waals surface area contributed by atoms with Crippen molar-refractivity contribution in [1.29, 1.82) is 5.26 Å². The molecule has 0 aromatic carbocycles. The summed E-state index contributed by atoms with van der Waals surface area (Å²) in [6.45, 7) is 19.2. The van der Waals surface area contributed by atoms with Crippen molar-refractivity contribution >= 4 is 0 Å². The Labute approximate surface area is 197 Å². The number of allylic oxidation sites excluding steroid dienone is 1. The first kappa shape index (κ1) is 23.0. The first-order valence-corrected chi connectivity index (χ1v) is 13.6. The van der Waals surface area contributed by atoms with Gasteiger partial charge in [-0.25, -0.2) is 0 Å². The Balaban J connectivity index is 1.56. The third-order valence-corrected chi connectivity index (χ3v) is 13.3. The lowest BCUT2D eigenvalue weighted by atomic mass is 9.32. The normalized spacial score (nSPS) is 56.2. The summed E-state index contributed by atoms with van der Waals surface area (Å²) in [4.78, 5) is 0. The standard InChI is InChI=1S/C30H47NO/c1-19(2)20-10-15-30(18-31)17-16-28(6)21(25(20)30)8-9-23-27(5)13-12-24(32)26(3,4)22(27)11-14-29(23,28)7/h20-25,32H,1,8-17H2,2-7H3/t20-,21?,22?,23?,24-,25?,27-,28+,29+,30+/m0/s1. The van der Waals surface area contributed by atoms with Gasteiger partial charge in [0.05, 0.1) is 17.6 Å². The van der Waals surface area contributed by atoms with E-state index in [1.54, 1.807) is 0 Å². The average molecular weight is 438 g/mol. The molecule has 32 heavy (non-hydrogen) atoms. The van der Waals surface area contributed by atoms with E-state index in [4.69, 9.17) is 0 Å². The Morgan fingerprint density at radius 2 is 1.56 bits per heavy atom. The van der Waals surface area contributed by atoms with Crippen molar-refractivity contribution in [1.82, 2.24) is 0 Å². The molecule has 0 amide bonds. The van der Waals surface area contributed by atoms with Gasteiger partial charge in [0.1, 0.15) is 0 Å². The van der Waals surface area contributed by atoms with Crippen molar-refractivity contribution in [2.75, 3.05) is 0 Å². The lowest BCUT2D eigenvalue weighted by Gasteiger charge is -2.72. The minimum atomic E-state index is -0.155. The topological polar surface area (TPSA) is 44.0 Å². The summed E-state index contributed by atoms with van der Waals surface area (Å²) < 4.78 is 0. The first-order chi connectivity index (χ1) is 14.9. The number of aliphatic hydroxyl groups excluding tert-OH is 1. The highest BCUT2D eigenvalue weighted by atomic mass is 16.3. The molecule has 10 atom stereocenters. The molecule has 178 valence electrons. The quantitative estimate of drug-likeness (QED) is 0.431. The number of aliphatic hydroxyl groups is 1. The van der Waals surface area contributed by atoms with Crippen LogP contribution in [-0.2, 0) is 0 Å². The van der Waals surface area contributed by atoms with E-state index in [1.807, 2.05) is 0 Å². The van der Waals surface area contributed by atoms with Crippen LogP contribution >= 0.6 is 0 Å². The molecular weight excluding hydrogens is 390 g/mol.